The summed E-state index contributed by atoms with van der Waals surface area (Å²) in [6.07, 6.45) is 6.09. The van der Waals surface area contributed by atoms with Gasteiger partial charge in [0.1, 0.15) is 5.76 Å². The van der Waals surface area contributed by atoms with Crippen LogP contribution in [0.2, 0.25) is 0 Å². The Balaban J connectivity index is 1.79. The highest BCUT2D eigenvalue weighted by Gasteiger charge is 2.25. The number of hydrogen-bond donors (Lipinski definition) is 1. The molecule has 0 radical (unpaired) electrons. The van der Waals surface area contributed by atoms with Crippen LogP contribution in [0.3, 0.4) is 0 Å². The Morgan fingerprint density at radius 3 is 2.94 bits per heavy atom. The van der Waals surface area contributed by atoms with Crippen molar-refractivity contribution >= 4 is 21.8 Å². The van der Waals surface area contributed by atoms with E-state index in [0.717, 1.165) is 30.6 Å². The number of halogens is 1. The average molecular weight is 310 g/mol. The Labute approximate surface area is 112 Å². The molecule has 1 unspecified atom stereocenters. The van der Waals surface area contributed by atoms with Crippen LogP contribution >= 0.6 is 15.9 Å². The third-order valence-electron chi connectivity index (χ3n) is 3.22. The molecule has 1 amide bonds. The Morgan fingerprint density at radius 2 is 2.17 bits per heavy atom. The Bertz CT molecular complexity index is 572. The maximum Gasteiger partial charge on any atom is 0.256 e. The molecule has 0 bridgehead atoms. The SMILES string of the molecule is O=C(NC1CCCc2occc21)c1ccoc1Br. The van der Waals surface area contributed by atoms with Crippen LogP contribution in [-0.4, -0.2) is 5.91 Å². The molecule has 1 aliphatic rings. The summed E-state index contributed by atoms with van der Waals surface area (Å²) >= 11 is 3.21. The van der Waals surface area contributed by atoms with E-state index in [4.69, 9.17) is 8.83 Å². The molecule has 5 heteroatoms. The van der Waals surface area contributed by atoms with Crippen LogP contribution in [0.1, 0.15) is 40.6 Å². The van der Waals surface area contributed by atoms with Crippen molar-refractivity contribution in [2.24, 2.45) is 0 Å². The quantitative estimate of drug-likeness (QED) is 0.924. The molecular formula is C13H12BrNO3. The second-order valence-electron chi connectivity index (χ2n) is 4.33. The summed E-state index contributed by atoms with van der Waals surface area (Å²) in [4.78, 5) is 12.1. The summed E-state index contributed by atoms with van der Waals surface area (Å²) in [6, 6.07) is 3.62. The minimum atomic E-state index is -0.130. The van der Waals surface area contributed by atoms with Crippen molar-refractivity contribution in [3.8, 4) is 0 Å². The van der Waals surface area contributed by atoms with Crippen molar-refractivity contribution in [1.82, 2.24) is 5.32 Å². The zero-order chi connectivity index (χ0) is 12.5. The molecule has 3 rings (SSSR count). The molecule has 0 aromatic carbocycles. The molecule has 0 fully saturated rings. The van der Waals surface area contributed by atoms with Crippen molar-refractivity contribution in [2.45, 2.75) is 25.3 Å². The highest BCUT2D eigenvalue weighted by Crippen LogP contribution is 2.31. The molecule has 1 aliphatic carbocycles. The number of nitrogens with one attached hydrogen (secondary N) is 1. The van der Waals surface area contributed by atoms with Crippen molar-refractivity contribution in [3.05, 3.63) is 46.2 Å². The molecule has 2 aromatic rings. The molecule has 1 N–H and O–H groups in total. The van der Waals surface area contributed by atoms with E-state index < -0.39 is 0 Å². The fourth-order valence-electron chi connectivity index (χ4n) is 2.33. The normalized spacial score (nSPS) is 18.4. The van der Waals surface area contributed by atoms with Gasteiger partial charge in [-0.15, -0.1) is 0 Å². The highest BCUT2D eigenvalue weighted by atomic mass is 79.9. The van der Waals surface area contributed by atoms with E-state index in [9.17, 15) is 4.79 Å². The van der Waals surface area contributed by atoms with Gasteiger partial charge in [-0.05, 0) is 40.9 Å². The topological polar surface area (TPSA) is 55.4 Å². The van der Waals surface area contributed by atoms with Crippen LogP contribution in [-0.2, 0) is 6.42 Å². The second kappa shape index (κ2) is 4.65. The maximum absolute atomic E-state index is 12.1. The number of aryl methyl sites for hydroxylation is 1. The zero-order valence-electron chi connectivity index (χ0n) is 9.61. The van der Waals surface area contributed by atoms with E-state index >= 15 is 0 Å². The van der Waals surface area contributed by atoms with Gasteiger partial charge in [0.25, 0.3) is 5.91 Å². The van der Waals surface area contributed by atoms with Gasteiger partial charge in [0.15, 0.2) is 4.67 Å². The number of carbonyl (C=O) groups excluding carboxylic acids is 1. The predicted molar refractivity (Wildman–Crippen MR) is 68.3 cm³/mol. The molecule has 94 valence electrons. The van der Waals surface area contributed by atoms with E-state index in [1.165, 1.54) is 6.26 Å². The summed E-state index contributed by atoms with van der Waals surface area (Å²) in [5.41, 5.74) is 1.61. The van der Waals surface area contributed by atoms with Gasteiger partial charge in [-0.2, -0.15) is 0 Å². The number of hydrogen-bond acceptors (Lipinski definition) is 3. The maximum atomic E-state index is 12.1. The Kier molecular flexibility index (Phi) is 2.99. The van der Waals surface area contributed by atoms with Gasteiger partial charge in [-0.3, -0.25) is 4.79 Å². The summed E-state index contributed by atoms with van der Waals surface area (Å²) < 4.78 is 10.9. The van der Waals surface area contributed by atoms with Crippen LogP contribution < -0.4 is 5.32 Å². The highest BCUT2D eigenvalue weighted by molar-refractivity contribution is 9.10. The summed E-state index contributed by atoms with van der Waals surface area (Å²) in [6.45, 7) is 0. The summed E-state index contributed by atoms with van der Waals surface area (Å²) in [5, 5.41) is 3.02. The van der Waals surface area contributed by atoms with Gasteiger partial charge < -0.3 is 14.2 Å². The van der Waals surface area contributed by atoms with Crippen molar-refractivity contribution < 1.29 is 13.6 Å². The first-order valence-electron chi connectivity index (χ1n) is 5.86. The molecule has 2 aromatic heterocycles. The first kappa shape index (κ1) is 11.6. The fourth-order valence-corrected chi connectivity index (χ4v) is 2.75. The fraction of sp³-hybridized carbons (Fsp3) is 0.308. The molecule has 0 aliphatic heterocycles. The molecule has 2 heterocycles. The Hall–Kier alpha value is -1.49. The number of amides is 1. The molecule has 1 atom stereocenters. The van der Waals surface area contributed by atoms with Crippen molar-refractivity contribution in [3.63, 3.8) is 0 Å². The number of furan rings is 2. The van der Waals surface area contributed by atoms with E-state index in [2.05, 4.69) is 21.2 Å². The summed E-state index contributed by atoms with van der Waals surface area (Å²) in [7, 11) is 0. The Morgan fingerprint density at radius 1 is 1.33 bits per heavy atom. The molecule has 0 spiro atoms. The van der Waals surface area contributed by atoms with Crippen LogP contribution in [0.25, 0.3) is 0 Å². The number of carbonyl (C=O) groups is 1. The van der Waals surface area contributed by atoms with Crippen LogP contribution in [0.5, 0.6) is 0 Å². The lowest BCUT2D eigenvalue weighted by Gasteiger charge is -2.22. The second-order valence-corrected chi connectivity index (χ2v) is 5.05. The van der Waals surface area contributed by atoms with Gasteiger partial charge in [0.05, 0.1) is 24.1 Å². The molecule has 0 saturated carbocycles. The van der Waals surface area contributed by atoms with Gasteiger partial charge in [-0.25, -0.2) is 0 Å². The minimum absolute atomic E-state index is 0.0294. The molecule has 18 heavy (non-hydrogen) atoms. The predicted octanol–water partition coefficient (Wildman–Crippen LogP) is 3.44. The standard InChI is InChI=1S/C13H12BrNO3/c14-12-9(5-7-18-12)13(16)15-10-2-1-3-11-8(10)4-6-17-11/h4-7,10H,1-3H2,(H,15,16). The monoisotopic (exact) mass is 309 g/mol. The van der Waals surface area contributed by atoms with Gasteiger partial charge >= 0.3 is 0 Å². The lowest BCUT2D eigenvalue weighted by Crippen LogP contribution is -2.30. The van der Waals surface area contributed by atoms with E-state index in [0.29, 0.717) is 10.2 Å². The van der Waals surface area contributed by atoms with Gasteiger partial charge in [0.2, 0.25) is 0 Å². The van der Waals surface area contributed by atoms with Crippen molar-refractivity contribution in [1.29, 1.82) is 0 Å². The van der Waals surface area contributed by atoms with E-state index in [-0.39, 0.29) is 11.9 Å². The average Bonchev–Trinajstić information content (AvgIpc) is 2.97. The van der Waals surface area contributed by atoms with Crippen LogP contribution in [0.15, 0.2) is 38.2 Å². The molecular weight excluding hydrogens is 298 g/mol. The zero-order valence-corrected chi connectivity index (χ0v) is 11.2. The first-order chi connectivity index (χ1) is 8.75. The third kappa shape index (κ3) is 1.99. The first-order valence-corrected chi connectivity index (χ1v) is 6.65. The van der Waals surface area contributed by atoms with E-state index in [1.54, 1.807) is 12.3 Å². The van der Waals surface area contributed by atoms with E-state index in [1.807, 2.05) is 6.07 Å². The van der Waals surface area contributed by atoms with Crippen LogP contribution in [0.4, 0.5) is 0 Å². The lowest BCUT2D eigenvalue weighted by atomic mass is 9.93. The number of rotatable bonds is 2. The van der Waals surface area contributed by atoms with Gasteiger partial charge in [-0.1, -0.05) is 0 Å². The minimum Gasteiger partial charge on any atom is -0.469 e. The largest absolute Gasteiger partial charge is 0.469 e. The van der Waals surface area contributed by atoms with Gasteiger partial charge in [0, 0.05) is 12.0 Å². The lowest BCUT2D eigenvalue weighted by molar-refractivity contribution is 0.0930. The molecule has 0 saturated heterocycles. The summed E-state index contributed by atoms with van der Waals surface area (Å²) in [5.74, 6) is 0.854. The third-order valence-corrected chi connectivity index (χ3v) is 3.83. The molecule has 4 nitrogen and oxygen atoms in total. The van der Waals surface area contributed by atoms with Crippen LogP contribution in [0, 0.1) is 0 Å². The number of fused-ring (bicyclic) bond motifs is 1. The smallest absolute Gasteiger partial charge is 0.256 e. The van der Waals surface area contributed by atoms with Crippen molar-refractivity contribution in [2.75, 3.05) is 0 Å².